The number of amides is 1. The van der Waals surface area contributed by atoms with Crippen molar-refractivity contribution < 1.29 is 24.9 Å². The Labute approximate surface area is 94.2 Å². The fourth-order valence-corrected chi connectivity index (χ4v) is 1.61. The summed E-state index contributed by atoms with van der Waals surface area (Å²) in [5.41, 5.74) is -1.37. The molecule has 1 aliphatic rings. The van der Waals surface area contributed by atoms with E-state index in [9.17, 15) is 4.79 Å². The molecule has 0 aliphatic carbocycles. The van der Waals surface area contributed by atoms with Crippen LogP contribution in [-0.4, -0.2) is 58.8 Å². The number of aliphatic hydroxyl groups is 3. The number of hydrogen-bond acceptors (Lipinski definition) is 5. The second kappa shape index (κ2) is 5.58. The number of hydrogen-bond donors (Lipinski definition) is 4. The van der Waals surface area contributed by atoms with E-state index in [0.717, 1.165) is 6.42 Å². The molecule has 0 aromatic heterocycles. The zero-order valence-electron chi connectivity index (χ0n) is 9.35. The second-order valence-electron chi connectivity index (χ2n) is 4.26. The first-order valence-electron chi connectivity index (χ1n) is 5.37. The molecule has 1 saturated heterocycles. The summed E-state index contributed by atoms with van der Waals surface area (Å²) in [6.07, 6.45) is 0.912. The van der Waals surface area contributed by atoms with Crippen LogP contribution in [0.3, 0.4) is 0 Å². The molecule has 16 heavy (non-hydrogen) atoms. The van der Waals surface area contributed by atoms with Gasteiger partial charge in [0.25, 0.3) is 0 Å². The zero-order valence-corrected chi connectivity index (χ0v) is 9.35. The number of carbonyl (C=O) groups excluding carboxylic acids is 1. The third kappa shape index (κ3) is 2.91. The Morgan fingerprint density at radius 3 is 2.25 bits per heavy atom. The summed E-state index contributed by atoms with van der Waals surface area (Å²) in [6.45, 7) is 0.320. The molecular weight excluding hydrogens is 214 g/mol. The Morgan fingerprint density at radius 2 is 1.88 bits per heavy atom. The van der Waals surface area contributed by atoms with Crippen LogP contribution in [0.1, 0.15) is 19.8 Å². The number of ether oxygens (including phenoxy) is 1. The average molecular weight is 233 g/mol. The monoisotopic (exact) mass is 233 g/mol. The predicted octanol–water partition coefficient (Wildman–Crippen LogP) is -1.61. The van der Waals surface area contributed by atoms with Gasteiger partial charge in [-0.1, -0.05) is 0 Å². The molecule has 0 aromatic carbocycles. The van der Waals surface area contributed by atoms with Crippen molar-refractivity contribution in [3.63, 3.8) is 0 Å². The van der Waals surface area contributed by atoms with E-state index in [1.165, 1.54) is 0 Å². The van der Waals surface area contributed by atoms with Gasteiger partial charge in [-0.2, -0.15) is 0 Å². The smallest absolute Gasteiger partial charge is 0.249 e. The summed E-state index contributed by atoms with van der Waals surface area (Å²) < 4.78 is 5.35. The van der Waals surface area contributed by atoms with Crippen LogP contribution in [0.15, 0.2) is 0 Å². The van der Waals surface area contributed by atoms with Crippen LogP contribution in [0.2, 0.25) is 0 Å². The van der Waals surface area contributed by atoms with Gasteiger partial charge in [-0.3, -0.25) is 4.79 Å². The van der Waals surface area contributed by atoms with E-state index in [4.69, 9.17) is 20.1 Å². The van der Waals surface area contributed by atoms with Crippen molar-refractivity contribution in [3.8, 4) is 0 Å². The Bertz CT molecular complexity index is 233. The highest BCUT2D eigenvalue weighted by molar-refractivity contribution is 5.81. The van der Waals surface area contributed by atoms with Crippen molar-refractivity contribution in [1.82, 2.24) is 5.32 Å². The van der Waals surface area contributed by atoms with Gasteiger partial charge in [0.15, 0.2) is 0 Å². The van der Waals surface area contributed by atoms with E-state index in [1.54, 1.807) is 0 Å². The molecule has 0 bridgehead atoms. The molecule has 6 nitrogen and oxygen atoms in total. The SMILES string of the molecule is CC1CCC(C(=O)NC(CO)(CO)CO)O1. The van der Waals surface area contributed by atoms with Crippen molar-refractivity contribution in [3.05, 3.63) is 0 Å². The van der Waals surface area contributed by atoms with Crippen LogP contribution in [0.4, 0.5) is 0 Å². The molecule has 94 valence electrons. The minimum Gasteiger partial charge on any atom is -0.394 e. The summed E-state index contributed by atoms with van der Waals surface area (Å²) in [5.74, 6) is -0.401. The molecule has 1 aliphatic heterocycles. The van der Waals surface area contributed by atoms with E-state index >= 15 is 0 Å². The Hall–Kier alpha value is -0.690. The molecule has 1 amide bonds. The topological polar surface area (TPSA) is 99.0 Å². The fraction of sp³-hybridized carbons (Fsp3) is 0.900. The molecular formula is C10H19NO5. The molecule has 0 saturated carbocycles. The lowest BCUT2D eigenvalue weighted by atomic mass is 10.0. The third-order valence-electron chi connectivity index (χ3n) is 2.82. The lowest BCUT2D eigenvalue weighted by Gasteiger charge is -2.29. The highest BCUT2D eigenvalue weighted by Gasteiger charge is 2.35. The largest absolute Gasteiger partial charge is 0.394 e. The first kappa shape index (κ1) is 13.4. The van der Waals surface area contributed by atoms with Crippen molar-refractivity contribution in [2.75, 3.05) is 19.8 Å². The molecule has 1 rings (SSSR count). The average Bonchev–Trinajstić information content (AvgIpc) is 2.73. The van der Waals surface area contributed by atoms with Crippen molar-refractivity contribution in [2.24, 2.45) is 0 Å². The van der Waals surface area contributed by atoms with Gasteiger partial charge < -0.3 is 25.4 Å². The van der Waals surface area contributed by atoms with E-state index in [0.29, 0.717) is 6.42 Å². The molecule has 0 radical (unpaired) electrons. The van der Waals surface area contributed by atoms with Gasteiger partial charge >= 0.3 is 0 Å². The van der Waals surface area contributed by atoms with Crippen LogP contribution < -0.4 is 5.32 Å². The molecule has 4 N–H and O–H groups in total. The third-order valence-corrected chi connectivity index (χ3v) is 2.82. The highest BCUT2D eigenvalue weighted by atomic mass is 16.5. The second-order valence-corrected chi connectivity index (χ2v) is 4.26. The molecule has 6 heteroatoms. The van der Waals surface area contributed by atoms with Crippen LogP contribution in [0.25, 0.3) is 0 Å². The zero-order chi connectivity index (χ0) is 12.2. The minimum atomic E-state index is -1.37. The Morgan fingerprint density at radius 1 is 1.31 bits per heavy atom. The van der Waals surface area contributed by atoms with Crippen LogP contribution in [0, 0.1) is 0 Å². The standard InChI is InChI=1S/C10H19NO5/c1-7-2-3-8(16-7)9(15)11-10(4-12,5-13)6-14/h7-8,12-14H,2-6H2,1H3,(H,11,15). The maximum absolute atomic E-state index is 11.7. The highest BCUT2D eigenvalue weighted by Crippen LogP contribution is 2.19. The van der Waals surface area contributed by atoms with Gasteiger partial charge in [-0.15, -0.1) is 0 Å². The van der Waals surface area contributed by atoms with Crippen LogP contribution >= 0.6 is 0 Å². The number of carbonyl (C=O) groups is 1. The first-order valence-corrected chi connectivity index (χ1v) is 5.37. The van der Waals surface area contributed by atoms with E-state index in [1.807, 2.05) is 6.92 Å². The number of rotatable bonds is 5. The maximum atomic E-state index is 11.7. The molecule has 2 unspecified atom stereocenters. The van der Waals surface area contributed by atoms with Gasteiger partial charge in [0, 0.05) is 0 Å². The van der Waals surface area contributed by atoms with Crippen LogP contribution in [0.5, 0.6) is 0 Å². The first-order chi connectivity index (χ1) is 7.56. The van der Waals surface area contributed by atoms with E-state index in [-0.39, 0.29) is 6.10 Å². The quantitative estimate of drug-likeness (QED) is 0.458. The maximum Gasteiger partial charge on any atom is 0.249 e. The van der Waals surface area contributed by atoms with E-state index in [2.05, 4.69) is 5.32 Å². The summed E-state index contributed by atoms with van der Waals surface area (Å²) >= 11 is 0. The molecule has 0 aromatic rings. The lowest BCUT2D eigenvalue weighted by molar-refractivity contribution is -0.136. The molecule has 1 heterocycles. The van der Waals surface area contributed by atoms with E-state index < -0.39 is 37.4 Å². The van der Waals surface area contributed by atoms with Gasteiger partial charge in [0.05, 0.1) is 25.9 Å². The van der Waals surface area contributed by atoms with Crippen molar-refractivity contribution in [2.45, 2.75) is 37.5 Å². The number of nitrogens with one attached hydrogen (secondary N) is 1. The van der Waals surface area contributed by atoms with Gasteiger partial charge in [0.1, 0.15) is 11.6 Å². The summed E-state index contributed by atoms with van der Waals surface area (Å²) in [6, 6.07) is 0. The summed E-state index contributed by atoms with van der Waals surface area (Å²) in [7, 11) is 0. The molecule has 0 spiro atoms. The van der Waals surface area contributed by atoms with Crippen LogP contribution in [-0.2, 0) is 9.53 Å². The molecule has 2 atom stereocenters. The van der Waals surface area contributed by atoms with Gasteiger partial charge in [-0.25, -0.2) is 0 Å². The summed E-state index contributed by atoms with van der Waals surface area (Å²) in [5, 5.41) is 29.6. The predicted molar refractivity (Wildman–Crippen MR) is 55.7 cm³/mol. The van der Waals surface area contributed by atoms with Crippen molar-refractivity contribution in [1.29, 1.82) is 0 Å². The van der Waals surface area contributed by atoms with Gasteiger partial charge in [0.2, 0.25) is 5.91 Å². The Balaban J connectivity index is 2.55. The number of aliphatic hydroxyl groups excluding tert-OH is 3. The Kier molecular flexibility index (Phi) is 4.67. The molecule has 1 fully saturated rings. The lowest BCUT2D eigenvalue weighted by Crippen LogP contribution is -2.59. The summed E-state index contributed by atoms with van der Waals surface area (Å²) in [4.78, 5) is 11.7. The van der Waals surface area contributed by atoms with Gasteiger partial charge in [-0.05, 0) is 19.8 Å². The van der Waals surface area contributed by atoms with Crippen molar-refractivity contribution >= 4 is 5.91 Å². The minimum absolute atomic E-state index is 0.0440. The fourth-order valence-electron chi connectivity index (χ4n) is 1.61. The normalized spacial score (nSPS) is 25.8.